The highest BCUT2D eigenvalue weighted by Crippen LogP contribution is 2.36. The first-order valence-electron chi connectivity index (χ1n) is 4.89. The number of hydrogen-bond acceptors (Lipinski definition) is 1. The predicted octanol–water partition coefficient (Wildman–Crippen LogP) is 4.31. The van der Waals surface area contributed by atoms with E-state index in [0.29, 0.717) is 0 Å². The summed E-state index contributed by atoms with van der Waals surface area (Å²) in [4.78, 5) is 10.3. The van der Waals surface area contributed by atoms with E-state index in [4.69, 9.17) is 23.2 Å². The monoisotopic (exact) mass is 299 g/mol. The summed E-state index contributed by atoms with van der Waals surface area (Å²) in [5.74, 6) is -0.598. The summed E-state index contributed by atoms with van der Waals surface area (Å²) in [5, 5.41) is 1.87. The number of rotatable bonds is 2. The number of amides is 1. The highest BCUT2D eigenvalue weighted by atomic mass is 35.5. The molecule has 18 heavy (non-hydrogen) atoms. The molecule has 0 saturated heterocycles. The van der Waals surface area contributed by atoms with Crippen molar-refractivity contribution in [3.8, 4) is 0 Å². The molecule has 0 spiro atoms. The molecule has 1 rings (SSSR count). The maximum atomic E-state index is 12.6. The molecule has 1 N–H and O–H groups in total. The number of anilines is 1. The number of nitrogens with one attached hydrogen (secondary N) is 1. The first kappa shape index (κ1) is 15.1. The Hall–Kier alpha value is -0.940. The lowest BCUT2D eigenvalue weighted by atomic mass is 10.1. The Labute approximate surface area is 112 Å². The van der Waals surface area contributed by atoms with E-state index in [1.807, 2.05) is 0 Å². The van der Waals surface area contributed by atoms with Crippen LogP contribution in [0.5, 0.6) is 0 Å². The molecule has 1 amide bonds. The van der Waals surface area contributed by atoms with Crippen LogP contribution in [0.4, 0.5) is 18.9 Å². The van der Waals surface area contributed by atoms with E-state index >= 15 is 0 Å². The van der Waals surface area contributed by atoms with E-state index in [9.17, 15) is 18.0 Å². The van der Waals surface area contributed by atoms with Crippen molar-refractivity contribution in [2.45, 2.75) is 24.9 Å². The Bertz CT molecular complexity index is 466. The topological polar surface area (TPSA) is 29.1 Å². The van der Waals surface area contributed by atoms with Crippen LogP contribution in [0.2, 0.25) is 5.02 Å². The average molecular weight is 300 g/mol. The molecule has 2 nitrogen and oxygen atoms in total. The fraction of sp³-hybridized carbons (Fsp3) is 0.364. The zero-order valence-electron chi connectivity index (χ0n) is 9.53. The summed E-state index contributed by atoms with van der Waals surface area (Å²) in [7, 11) is 0. The summed E-state index contributed by atoms with van der Waals surface area (Å²) in [6.07, 6.45) is -4.58. The van der Waals surface area contributed by atoms with Gasteiger partial charge in [0.05, 0.1) is 10.6 Å². The lowest BCUT2D eigenvalue weighted by Gasteiger charge is -2.16. The molecule has 0 aliphatic heterocycles. The number of benzene rings is 1. The van der Waals surface area contributed by atoms with Crippen molar-refractivity contribution >= 4 is 34.8 Å². The van der Waals surface area contributed by atoms with Crippen LogP contribution in [0.25, 0.3) is 0 Å². The first-order chi connectivity index (χ1) is 8.01. The van der Waals surface area contributed by atoms with Gasteiger partial charge in [-0.3, -0.25) is 4.79 Å². The van der Waals surface area contributed by atoms with Crippen molar-refractivity contribution in [3.63, 3.8) is 0 Å². The molecule has 0 heterocycles. The van der Waals surface area contributed by atoms with E-state index in [-0.39, 0.29) is 5.69 Å². The van der Waals surface area contributed by atoms with Gasteiger partial charge in [-0.25, -0.2) is 0 Å². The molecule has 0 fully saturated rings. The second kappa shape index (κ2) is 4.97. The van der Waals surface area contributed by atoms with Crippen LogP contribution in [-0.2, 0) is 11.0 Å². The lowest BCUT2D eigenvalue weighted by molar-refractivity contribution is -0.137. The van der Waals surface area contributed by atoms with E-state index in [1.54, 1.807) is 0 Å². The molecule has 7 heteroatoms. The fourth-order valence-corrected chi connectivity index (χ4v) is 1.37. The molecule has 0 aliphatic rings. The summed E-state index contributed by atoms with van der Waals surface area (Å²) in [6, 6.07) is 3.11. The van der Waals surface area contributed by atoms with Crippen LogP contribution in [0.15, 0.2) is 18.2 Å². The molecular formula is C11H10Cl2F3NO. The van der Waals surface area contributed by atoms with Crippen LogP contribution < -0.4 is 5.32 Å². The van der Waals surface area contributed by atoms with Crippen LogP contribution in [-0.4, -0.2) is 10.8 Å². The second-order valence-electron chi connectivity index (χ2n) is 4.12. The Kier molecular flexibility index (Phi) is 4.18. The number of carbonyl (C=O) groups excluding carboxylic acids is 1. The van der Waals surface area contributed by atoms with E-state index in [1.165, 1.54) is 19.9 Å². The van der Waals surface area contributed by atoms with Gasteiger partial charge in [-0.05, 0) is 32.0 Å². The molecule has 1 aromatic rings. The largest absolute Gasteiger partial charge is 0.417 e. The van der Waals surface area contributed by atoms with Gasteiger partial charge in [-0.1, -0.05) is 11.6 Å². The van der Waals surface area contributed by atoms with Gasteiger partial charge in [0.15, 0.2) is 0 Å². The van der Waals surface area contributed by atoms with Gasteiger partial charge < -0.3 is 5.32 Å². The summed E-state index contributed by atoms with van der Waals surface area (Å²) < 4.78 is 37.7. The number of alkyl halides is 4. The third-order valence-electron chi connectivity index (χ3n) is 2.07. The van der Waals surface area contributed by atoms with Crippen LogP contribution in [0.3, 0.4) is 0 Å². The highest BCUT2D eigenvalue weighted by molar-refractivity contribution is 6.36. The molecule has 0 bridgehead atoms. The second-order valence-corrected chi connectivity index (χ2v) is 5.47. The quantitative estimate of drug-likeness (QED) is 0.810. The third kappa shape index (κ3) is 3.78. The van der Waals surface area contributed by atoms with Gasteiger partial charge in [0, 0.05) is 5.69 Å². The first-order valence-corrected chi connectivity index (χ1v) is 5.64. The molecular weight excluding hydrogens is 290 g/mol. The molecule has 0 aliphatic carbocycles. The van der Waals surface area contributed by atoms with Gasteiger partial charge in [0.1, 0.15) is 4.87 Å². The minimum Gasteiger partial charge on any atom is -0.325 e. The van der Waals surface area contributed by atoms with Crippen LogP contribution >= 0.6 is 23.2 Å². The maximum Gasteiger partial charge on any atom is 0.417 e. The predicted molar refractivity (Wildman–Crippen MR) is 65.0 cm³/mol. The Morgan fingerprint density at radius 3 is 2.28 bits per heavy atom. The molecule has 0 radical (unpaired) electrons. The highest BCUT2D eigenvalue weighted by Gasteiger charge is 2.33. The molecule has 0 saturated carbocycles. The number of halogens is 5. The van der Waals surface area contributed by atoms with Crippen molar-refractivity contribution in [3.05, 3.63) is 28.8 Å². The van der Waals surface area contributed by atoms with Crippen LogP contribution in [0, 0.1) is 0 Å². The van der Waals surface area contributed by atoms with Gasteiger partial charge in [0.2, 0.25) is 5.91 Å². The summed E-state index contributed by atoms with van der Waals surface area (Å²) in [6.45, 7) is 2.87. The smallest absolute Gasteiger partial charge is 0.325 e. The van der Waals surface area contributed by atoms with Crippen LogP contribution in [0.1, 0.15) is 19.4 Å². The lowest BCUT2D eigenvalue weighted by Crippen LogP contribution is -2.31. The van der Waals surface area contributed by atoms with Gasteiger partial charge in [-0.15, -0.1) is 11.6 Å². The molecule has 0 unspecified atom stereocenters. The summed E-state index contributed by atoms with van der Waals surface area (Å²) >= 11 is 11.2. The molecule has 1 aromatic carbocycles. The van der Waals surface area contributed by atoms with Crippen molar-refractivity contribution < 1.29 is 18.0 Å². The zero-order chi connectivity index (χ0) is 14.1. The standard InChI is InChI=1S/C11H10Cl2F3NO/c1-10(2,13)9(18)17-6-3-4-8(12)7(5-6)11(14,15)16/h3-5H,1-2H3,(H,17,18). The number of carbonyl (C=O) groups is 1. The number of hydrogen-bond donors (Lipinski definition) is 1. The normalized spacial score (nSPS) is 12.4. The van der Waals surface area contributed by atoms with E-state index in [2.05, 4.69) is 5.32 Å². The minimum atomic E-state index is -4.58. The van der Waals surface area contributed by atoms with Gasteiger partial charge in [-0.2, -0.15) is 13.2 Å². The Morgan fingerprint density at radius 1 is 1.28 bits per heavy atom. The molecule has 100 valence electrons. The average Bonchev–Trinajstić information content (AvgIpc) is 2.17. The third-order valence-corrected chi connectivity index (χ3v) is 2.57. The SMILES string of the molecule is CC(C)(Cl)C(=O)Nc1ccc(Cl)c(C(F)(F)F)c1. The zero-order valence-corrected chi connectivity index (χ0v) is 11.0. The van der Waals surface area contributed by atoms with Gasteiger partial charge >= 0.3 is 6.18 Å². The van der Waals surface area contributed by atoms with Crippen molar-refractivity contribution in [2.24, 2.45) is 0 Å². The Morgan fingerprint density at radius 2 is 1.83 bits per heavy atom. The van der Waals surface area contributed by atoms with Crippen molar-refractivity contribution in [1.82, 2.24) is 0 Å². The van der Waals surface area contributed by atoms with Crippen molar-refractivity contribution in [1.29, 1.82) is 0 Å². The van der Waals surface area contributed by atoms with Crippen molar-refractivity contribution in [2.75, 3.05) is 5.32 Å². The van der Waals surface area contributed by atoms with E-state index < -0.39 is 27.5 Å². The Balaban J connectivity index is 3.04. The van der Waals surface area contributed by atoms with E-state index in [0.717, 1.165) is 12.1 Å². The fourth-order valence-electron chi connectivity index (χ4n) is 1.10. The molecule has 0 aromatic heterocycles. The molecule has 0 atom stereocenters. The summed E-state index contributed by atoms with van der Waals surface area (Å²) in [5.41, 5.74) is -1.01. The van der Waals surface area contributed by atoms with Gasteiger partial charge in [0.25, 0.3) is 0 Å². The minimum absolute atomic E-state index is 0.00884. The maximum absolute atomic E-state index is 12.6.